The highest BCUT2D eigenvalue weighted by Gasteiger charge is 2.38. The van der Waals surface area contributed by atoms with Gasteiger partial charge in [-0.15, -0.1) is 24.8 Å². The number of amides is 1. The molecule has 0 aromatic heterocycles. The number of hydrogen-bond donors (Lipinski definition) is 2. The first-order valence-corrected chi connectivity index (χ1v) is 9.11. The Kier molecular flexibility index (Phi) is 10.3. The minimum Gasteiger partial charge on any atom is -0.381 e. The number of methoxy groups -OCH3 is 1. The first-order valence-electron chi connectivity index (χ1n) is 9.11. The molecule has 5 nitrogen and oxygen atoms in total. The molecule has 1 amide bonds. The van der Waals surface area contributed by atoms with Gasteiger partial charge in [0.2, 0.25) is 5.91 Å². The molecule has 2 aliphatic rings. The summed E-state index contributed by atoms with van der Waals surface area (Å²) in [6, 6.07) is 0. The normalized spacial score (nSPS) is 28.6. The molecular formula is C18H37Cl2N3O2. The molecule has 1 heterocycles. The van der Waals surface area contributed by atoms with Crippen molar-refractivity contribution in [2.24, 2.45) is 11.7 Å². The summed E-state index contributed by atoms with van der Waals surface area (Å²) in [5.41, 5.74) is 5.96. The minimum absolute atomic E-state index is 0. The Morgan fingerprint density at radius 2 is 1.84 bits per heavy atom. The van der Waals surface area contributed by atoms with Gasteiger partial charge in [0, 0.05) is 37.8 Å². The molecule has 1 aliphatic carbocycles. The average molecular weight is 398 g/mol. The number of nitrogens with two attached hydrogens (primary N) is 1. The van der Waals surface area contributed by atoms with E-state index < -0.39 is 0 Å². The topological polar surface area (TPSA) is 67.6 Å². The summed E-state index contributed by atoms with van der Waals surface area (Å²) >= 11 is 0. The third kappa shape index (κ3) is 6.55. The lowest BCUT2D eigenvalue weighted by Gasteiger charge is -2.43. The minimum atomic E-state index is -0.358. The number of ether oxygens (including phenoxy) is 1. The van der Waals surface area contributed by atoms with Gasteiger partial charge in [-0.1, -0.05) is 12.8 Å². The number of nitrogens with one attached hydrogen (secondary N) is 1. The van der Waals surface area contributed by atoms with E-state index in [0.717, 1.165) is 51.6 Å². The molecule has 2 unspecified atom stereocenters. The van der Waals surface area contributed by atoms with Gasteiger partial charge in [0.25, 0.3) is 0 Å². The third-order valence-electron chi connectivity index (χ3n) is 5.90. The molecule has 2 atom stereocenters. The molecule has 150 valence electrons. The number of likely N-dealkylation sites (tertiary alicyclic amines) is 1. The predicted molar refractivity (Wildman–Crippen MR) is 108 cm³/mol. The number of rotatable bonds is 5. The first-order chi connectivity index (χ1) is 10.8. The van der Waals surface area contributed by atoms with E-state index in [9.17, 15) is 4.79 Å². The summed E-state index contributed by atoms with van der Waals surface area (Å²) in [5.74, 6) is 0.0841. The predicted octanol–water partition coefficient (Wildman–Crippen LogP) is 2.74. The van der Waals surface area contributed by atoms with Gasteiger partial charge in [0.15, 0.2) is 0 Å². The standard InChI is InChI=1S/C18H35N3O2.2ClH/c1-17(2,21-11-8-14(23-4)9-12-21)13-20-16(22)15-7-5-6-10-18(15,3)19;;/h14-15H,5-13,19H2,1-4H3,(H,20,22);2*1H. The highest BCUT2D eigenvalue weighted by atomic mass is 35.5. The highest BCUT2D eigenvalue weighted by molar-refractivity contribution is 5.85. The Morgan fingerprint density at radius 1 is 1.24 bits per heavy atom. The number of piperidine rings is 1. The van der Waals surface area contributed by atoms with Crippen molar-refractivity contribution in [3.05, 3.63) is 0 Å². The van der Waals surface area contributed by atoms with Gasteiger partial charge in [-0.2, -0.15) is 0 Å². The number of nitrogens with zero attached hydrogens (tertiary/aromatic N) is 1. The van der Waals surface area contributed by atoms with Crippen LogP contribution in [0.4, 0.5) is 0 Å². The third-order valence-corrected chi connectivity index (χ3v) is 5.90. The largest absolute Gasteiger partial charge is 0.381 e. The summed E-state index contributed by atoms with van der Waals surface area (Å²) in [7, 11) is 1.79. The fraction of sp³-hybridized carbons (Fsp3) is 0.944. The molecule has 3 N–H and O–H groups in total. The lowest BCUT2D eigenvalue weighted by molar-refractivity contribution is -0.128. The van der Waals surface area contributed by atoms with Crippen LogP contribution in [0.1, 0.15) is 59.3 Å². The van der Waals surface area contributed by atoms with E-state index in [2.05, 4.69) is 24.1 Å². The fourth-order valence-corrected chi connectivity index (χ4v) is 4.02. The molecule has 0 spiro atoms. The summed E-state index contributed by atoms with van der Waals surface area (Å²) in [6.07, 6.45) is 6.62. The van der Waals surface area contributed by atoms with Crippen molar-refractivity contribution >= 4 is 30.7 Å². The maximum absolute atomic E-state index is 12.6. The summed E-state index contributed by atoms with van der Waals surface area (Å²) in [4.78, 5) is 15.1. The molecule has 0 aromatic rings. The zero-order valence-electron chi connectivity index (χ0n) is 16.2. The second-order valence-electron chi connectivity index (χ2n) is 8.26. The molecule has 25 heavy (non-hydrogen) atoms. The maximum atomic E-state index is 12.6. The first kappa shape index (κ1) is 24.9. The van der Waals surface area contributed by atoms with Crippen LogP contribution in [0.2, 0.25) is 0 Å². The molecule has 1 saturated carbocycles. The second kappa shape index (κ2) is 10.3. The maximum Gasteiger partial charge on any atom is 0.225 e. The zero-order chi connectivity index (χ0) is 17.1. The Labute approximate surface area is 165 Å². The van der Waals surface area contributed by atoms with Crippen LogP contribution in [0.15, 0.2) is 0 Å². The second-order valence-corrected chi connectivity index (χ2v) is 8.26. The Balaban J connectivity index is 0.00000288. The van der Waals surface area contributed by atoms with Gasteiger partial charge in [0.05, 0.1) is 12.0 Å². The molecule has 1 saturated heterocycles. The van der Waals surface area contributed by atoms with E-state index in [0.29, 0.717) is 12.6 Å². The zero-order valence-corrected chi connectivity index (χ0v) is 17.8. The van der Waals surface area contributed by atoms with Crippen LogP contribution in [0.3, 0.4) is 0 Å². The van der Waals surface area contributed by atoms with E-state index in [1.54, 1.807) is 7.11 Å². The van der Waals surface area contributed by atoms with Crippen molar-refractivity contribution in [1.29, 1.82) is 0 Å². The van der Waals surface area contributed by atoms with E-state index >= 15 is 0 Å². The molecule has 7 heteroatoms. The number of hydrogen-bond acceptors (Lipinski definition) is 4. The molecular weight excluding hydrogens is 361 g/mol. The lowest BCUT2D eigenvalue weighted by Crippen LogP contribution is -2.58. The van der Waals surface area contributed by atoms with Crippen LogP contribution < -0.4 is 11.1 Å². The van der Waals surface area contributed by atoms with Crippen LogP contribution in [0.25, 0.3) is 0 Å². The van der Waals surface area contributed by atoms with Gasteiger partial charge in [0.1, 0.15) is 0 Å². The van der Waals surface area contributed by atoms with Crippen molar-refractivity contribution in [3.63, 3.8) is 0 Å². The van der Waals surface area contributed by atoms with Crippen LogP contribution in [0.5, 0.6) is 0 Å². The van der Waals surface area contributed by atoms with Gasteiger partial charge >= 0.3 is 0 Å². The van der Waals surface area contributed by atoms with Gasteiger partial charge in [-0.3, -0.25) is 9.69 Å². The molecule has 0 aromatic carbocycles. The quantitative estimate of drug-likeness (QED) is 0.747. The monoisotopic (exact) mass is 397 g/mol. The average Bonchev–Trinajstić information content (AvgIpc) is 2.52. The molecule has 2 fully saturated rings. The van der Waals surface area contributed by atoms with Crippen LogP contribution in [0, 0.1) is 5.92 Å². The van der Waals surface area contributed by atoms with Crippen LogP contribution in [-0.2, 0) is 9.53 Å². The Morgan fingerprint density at radius 3 is 2.36 bits per heavy atom. The molecule has 0 radical (unpaired) electrons. The SMILES string of the molecule is COC1CCN(C(C)(C)CNC(=O)C2CCCCC2(C)N)CC1.Cl.Cl. The smallest absolute Gasteiger partial charge is 0.225 e. The van der Waals surface area contributed by atoms with Gasteiger partial charge in [-0.05, 0) is 46.5 Å². The molecule has 2 rings (SSSR count). The van der Waals surface area contributed by atoms with Crippen molar-refractivity contribution < 1.29 is 9.53 Å². The van der Waals surface area contributed by atoms with Crippen LogP contribution in [-0.4, -0.2) is 54.7 Å². The summed E-state index contributed by atoms with van der Waals surface area (Å²) < 4.78 is 5.44. The summed E-state index contributed by atoms with van der Waals surface area (Å²) in [6.45, 7) is 9.18. The van der Waals surface area contributed by atoms with E-state index in [1.165, 1.54) is 0 Å². The van der Waals surface area contributed by atoms with E-state index in [1.807, 2.05) is 6.92 Å². The van der Waals surface area contributed by atoms with Crippen LogP contribution >= 0.6 is 24.8 Å². The molecule has 0 bridgehead atoms. The van der Waals surface area contributed by atoms with Crippen molar-refractivity contribution in [3.8, 4) is 0 Å². The Bertz CT molecular complexity index is 411. The van der Waals surface area contributed by atoms with Crippen molar-refractivity contribution in [2.75, 3.05) is 26.7 Å². The van der Waals surface area contributed by atoms with E-state index in [-0.39, 0.29) is 47.7 Å². The van der Waals surface area contributed by atoms with Crippen molar-refractivity contribution in [2.45, 2.75) is 76.5 Å². The number of carbonyl (C=O) groups is 1. The highest BCUT2D eigenvalue weighted by Crippen LogP contribution is 2.32. The van der Waals surface area contributed by atoms with E-state index in [4.69, 9.17) is 10.5 Å². The lowest BCUT2D eigenvalue weighted by atomic mass is 9.74. The number of carbonyl (C=O) groups excluding carboxylic acids is 1. The van der Waals surface area contributed by atoms with Gasteiger partial charge in [-0.25, -0.2) is 0 Å². The summed E-state index contributed by atoms with van der Waals surface area (Å²) in [5, 5.41) is 3.18. The molecule has 1 aliphatic heterocycles. The Hall–Kier alpha value is -0.0700. The van der Waals surface area contributed by atoms with Crippen molar-refractivity contribution in [1.82, 2.24) is 10.2 Å². The van der Waals surface area contributed by atoms with Gasteiger partial charge < -0.3 is 15.8 Å². The number of halogens is 2. The fourth-order valence-electron chi connectivity index (χ4n) is 4.02.